The van der Waals surface area contributed by atoms with Crippen molar-refractivity contribution in [3.63, 3.8) is 0 Å². The van der Waals surface area contributed by atoms with Crippen LogP contribution < -0.4 is 20.1 Å². The molecule has 29 heavy (non-hydrogen) atoms. The van der Waals surface area contributed by atoms with Crippen LogP contribution in [0.3, 0.4) is 0 Å². The van der Waals surface area contributed by atoms with E-state index in [-0.39, 0.29) is 11.0 Å². The molecule has 3 aromatic carbocycles. The number of rotatable bonds is 6. The van der Waals surface area contributed by atoms with E-state index in [1.807, 2.05) is 30.3 Å². The summed E-state index contributed by atoms with van der Waals surface area (Å²) in [4.78, 5) is 12.4. The van der Waals surface area contributed by atoms with Crippen LogP contribution in [-0.2, 0) is 6.61 Å². The van der Waals surface area contributed by atoms with Gasteiger partial charge in [0, 0.05) is 10.6 Å². The maximum absolute atomic E-state index is 12.4. The second-order valence-corrected chi connectivity index (χ2v) is 6.90. The lowest BCUT2D eigenvalue weighted by molar-refractivity contribution is 0.0977. The molecular formula is C22H19ClN2O3S. The molecule has 0 heterocycles. The number of halogens is 1. The highest BCUT2D eigenvalue weighted by molar-refractivity contribution is 7.80. The number of hydrogen-bond donors (Lipinski definition) is 2. The number of benzene rings is 3. The average Bonchev–Trinajstić information content (AvgIpc) is 2.73. The zero-order chi connectivity index (χ0) is 20.6. The summed E-state index contributed by atoms with van der Waals surface area (Å²) in [5.41, 5.74) is 2.09. The Morgan fingerprint density at radius 3 is 2.45 bits per heavy atom. The zero-order valence-corrected chi connectivity index (χ0v) is 17.2. The van der Waals surface area contributed by atoms with E-state index in [1.165, 1.54) is 7.11 Å². The van der Waals surface area contributed by atoms with Crippen LogP contribution in [0.5, 0.6) is 11.5 Å². The number of ether oxygens (including phenoxy) is 2. The maximum Gasteiger partial charge on any atom is 0.257 e. The van der Waals surface area contributed by atoms with E-state index in [4.69, 9.17) is 33.3 Å². The Morgan fingerprint density at radius 1 is 1.03 bits per heavy atom. The molecule has 1 amide bonds. The van der Waals surface area contributed by atoms with Crippen LogP contribution in [0.25, 0.3) is 0 Å². The monoisotopic (exact) mass is 426 g/mol. The van der Waals surface area contributed by atoms with Gasteiger partial charge in [0.2, 0.25) is 0 Å². The number of nitrogens with one attached hydrogen (secondary N) is 2. The standard InChI is InChI=1S/C22H19ClN2O3S/c1-27-20-12-9-17(23)13-19(20)24-22(29)25-21(26)16-7-10-18(11-8-16)28-14-15-5-3-2-4-6-15/h2-13H,14H2,1H3,(H2,24,25,26,29). The normalized spacial score (nSPS) is 10.1. The number of carbonyl (C=O) groups is 1. The van der Waals surface area contributed by atoms with Gasteiger partial charge in [0.25, 0.3) is 5.91 Å². The Morgan fingerprint density at radius 2 is 1.76 bits per heavy atom. The number of methoxy groups -OCH3 is 1. The minimum absolute atomic E-state index is 0.139. The molecular weight excluding hydrogens is 408 g/mol. The van der Waals surface area contributed by atoms with E-state index in [2.05, 4.69) is 10.6 Å². The van der Waals surface area contributed by atoms with Gasteiger partial charge in [-0.1, -0.05) is 41.9 Å². The van der Waals surface area contributed by atoms with Crippen LogP contribution >= 0.6 is 23.8 Å². The average molecular weight is 427 g/mol. The summed E-state index contributed by atoms with van der Waals surface area (Å²) < 4.78 is 11.0. The fourth-order valence-electron chi connectivity index (χ4n) is 2.55. The Labute approximate surface area is 179 Å². The summed E-state index contributed by atoms with van der Waals surface area (Å²) in [5.74, 6) is 0.902. The smallest absolute Gasteiger partial charge is 0.257 e. The SMILES string of the molecule is COc1ccc(Cl)cc1NC(=S)NC(=O)c1ccc(OCc2ccccc2)cc1. The van der Waals surface area contributed by atoms with Gasteiger partial charge in [-0.05, 0) is 60.2 Å². The fourth-order valence-corrected chi connectivity index (χ4v) is 2.92. The molecule has 0 spiro atoms. The minimum Gasteiger partial charge on any atom is -0.495 e. The molecule has 0 saturated heterocycles. The van der Waals surface area contributed by atoms with Gasteiger partial charge in [0.15, 0.2) is 5.11 Å². The van der Waals surface area contributed by atoms with Crippen LogP contribution in [0.1, 0.15) is 15.9 Å². The summed E-state index contributed by atoms with van der Waals surface area (Å²) >= 11 is 11.2. The van der Waals surface area contributed by atoms with E-state index in [1.54, 1.807) is 42.5 Å². The molecule has 0 unspecified atom stereocenters. The molecule has 0 aliphatic carbocycles. The van der Waals surface area contributed by atoms with Gasteiger partial charge in [-0.15, -0.1) is 0 Å². The van der Waals surface area contributed by atoms with Crippen molar-refractivity contribution in [1.29, 1.82) is 0 Å². The van der Waals surface area contributed by atoms with E-state index in [0.29, 0.717) is 34.4 Å². The van der Waals surface area contributed by atoms with Crippen molar-refractivity contribution in [2.75, 3.05) is 12.4 Å². The summed E-state index contributed by atoms with van der Waals surface area (Å²) in [6.07, 6.45) is 0. The summed E-state index contributed by atoms with van der Waals surface area (Å²) in [5, 5.41) is 6.21. The van der Waals surface area contributed by atoms with Crippen molar-refractivity contribution >= 4 is 40.5 Å². The van der Waals surface area contributed by atoms with Gasteiger partial charge in [0.05, 0.1) is 12.8 Å². The van der Waals surface area contributed by atoms with Crippen molar-refractivity contribution in [2.24, 2.45) is 0 Å². The molecule has 0 aliphatic heterocycles. The Balaban J connectivity index is 1.56. The van der Waals surface area contributed by atoms with Crippen LogP contribution in [0.15, 0.2) is 72.8 Å². The van der Waals surface area contributed by atoms with Gasteiger partial charge < -0.3 is 14.8 Å². The highest BCUT2D eigenvalue weighted by Crippen LogP contribution is 2.27. The fraction of sp³-hybridized carbons (Fsp3) is 0.0909. The molecule has 5 nitrogen and oxygen atoms in total. The third kappa shape index (κ3) is 5.94. The predicted molar refractivity (Wildman–Crippen MR) is 119 cm³/mol. The summed E-state index contributed by atoms with van der Waals surface area (Å²) in [6.45, 7) is 0.460. The molecule has 0 aromatic heterocycles. The predicted octanol–water partition coefficient (Wildman–Crippen LogP) is 5.05. The molecule has 0 aliphatic rings. The summed E-state index contributed by atoms with van der Waals surface area (Å²) in [6, 6.07) is 21.8. The lowest BCUT2D eigenvalue weighted by Gasteiger charge is -2.13. The van der Waals surface area contributed by atoms with E-state index >= 15 is 0 Å². The number of hydrogen-bond acceptors (Lipinski definition) is 4. The Hall–Kier alpha value is -3.09. The Kier molecular flexibility index (Phi) is 7.05. The molecule has 0 atom stereocenters. The first-order chi connectivity index (χ1) is 14.0. The number of anilines is 1. The van der Waals surface area contributed by atoms with E-state index in [9.17, 15) is 4.79 Å². The van der Waals surface area contributed by atoms with Crippen molar-refractivity contribution in [3.8, 4) is 11.5 Å². The quantitative estimate of drug-likeness (QED) is 0.540. The molecule has 0 fully saturated rings. The van der Waals surface area contributed by atoms with Gasteiger partial charge in [-0.3, -0.25) is 10.1 Å². The third-order valence-corrected chi connectivity index (χ3v) is 4.44. The molecule has 2 N–H and O–H groups in total. The first-order valence-corrected chi connectivity index (χ1v) is 9.56. The van der Waals surface area contributed by atoms with Crippen molar-refractivity contribution in [1.82, 2.24) is 5.32 Å². The van der Waals surface area contributed by atoms with E-state index in [0.717, 1.165) is 5.56 Å². The number of amides is 1. The lowest BCUT2D eigenvalue weighted by Crippen LogP contribution is -2.34. The topological polar surface area (TPSA) is 59.6 Å². The molecule has 0 bridgehead atoms. The third-order valence-electron chi connectivity index (χ3n) is 4.00. The second kappa shape index (κ2) is 9.91. The van der Waals surface area contributed by atoms with Crippen molar-refractivity contribution in [3.05, 3.63) is 88.9 Å². The lowest BCUT2D eigenvalue weighted by atomic mass is 10.2. The van der Waals surface area contributed by atoms with Crippen LogP contribution in [-0.4, -0.2) is 18.1 Å². The first kappa shape index (κ1) is 20.6. The highest BCUT2D eigenvalue weighted by atomic mass is 35.5. The molecule has 3 aromatic rings. The molecule has 7 heteroatoms. The highest BCUT2D eigenvalue weighted by Gasteiger charge is 2.11. The summed E-state index contributed by atoms with van der Waals surface area (Å²) in [7, 11) is 1.54. The van der Waals surface area contributed by atoms with Crippen LogP contribution in [0.4, 0.5) is 5.69 Å². The van der Waals surface area contributed by atoms with Gasteiger partial charge in [-0.2, -0.15) is 0 Å². The van der Waals surface area contributed by atoms with E-state index < -0.39 is 0 Å². The van der Waals surface area contributed by atoms with Gasteiger partial charge in [-0.25, -0.2) is 0 Å². The number of carbonyl (C=O) groups excluding carboxylic acids is 1. The maximum atomic E-state index is 12.4. The van der Waals surface area contributed by atoms with Gasteiger partial charge >= 0.3 is 0 Å². The molecule has 0 saturated carbocycles. The second-order valence-electron chi connectivity index (χ2n) is 6.05. The molecule has 0 radical (unpaired) electrons. The van der Waals surface area contributed by atoms with Crippen LogP contribution in [0.2, 0.25) is 5.02 Å². The largest absolute Gasteiger partial charge is 0.495 e. The van der Waals surface area contributed by atoms with Gasteiger partial charge in [0.1, 0.15) is 18.1 Å². The minimum atomic E-state index is -0.335. The number of thiocarbonyl (C=S) groups is 1. The molecule has 3 rings (SSSR count). The first-order valence-electron chi connectivity index (χ1n) is 8.78. The molecule has 148 valence electrons. The van der Waals surface area contributed by atoms with Crippen LogP contribution in [0, 0.1) is 0 Å². The van der Waals surface area contributed by atoms with Crippen molar-refractivity contribution in [2.45, 2.75) is 6.61 Å². The zero-order valence-electron chi connectivity index (χ0n) is 15.6. The van der Waals surface area contributed by atoms with Crippen molar-refractivity contribution < 1.29 is 14.3 Å². The Bertz CT molecular complexity index is 995.